The van der Waals surface area contributed by atoms with Crippen molar-refractivity contribution < 1.29 is 19.2 Å². The third-order valence-corrected chi connectivity index (χ3v) is 3.87. The number of piperidine rings is 1. The normalized spacial score (nSPS) is 16.2. The standard InChI is InChI=1S/C16H20N4O4/c17-14(22)12(13(21)15(18)23)20(19-9-5-2-6-10-19)16(24)11-7-3-1-4-8-11/h1,3-4,7-8,12H,2,5-6,9-10H2,(H2,17,22)(H2,18,23)/t12-/m0/s1. The fourth-order valence-corrected chi connectivity index (χ4v) is 2.71. The van der Waals surface area contributed by atoms with E-state index < -0.39 is 29.5 Å². The Morgan fingerprint density at radius 3 is 2.04 bits per heavy atom. The molecule has 0 bridgehead atoms. The highest BCUT2D eigenvalue weighted by atomic mass is 16.2. The van der Waals surface area contributed by atoms with Crippen molar-refractivity contribution in [3.63, 3.8) is 0 Å². The van der Waals surface area contributed by atoms with Crippen LogP contribution in [-0.2, 0) is 14.4 Å². The second-order valence-corrected chi connectivity index (χ2v) is 5.56. The summed E-state index contributed by atoms with van der Waals surface area (Å²) in [6.07, 6.45) is 2.58. The fraction of sp³-hybridized carbons (Fsp3) is 0.375. The Bertz CT molecular complexity index is 641. The number of amides is 3. The van der Waals surface area contributed by atoms with Gasteiger partial charge in [0.2, 0.25) is 5.91 Å². The summed E-state index contributed by atoms with van der Waals surface area (Å²) < 4.78 is 0. The second-order valence-electron chi connectivity index (χ2n) is 5.56. The molecular formula is C16H20N4O4. The van der Waals surface area contributed by atoms with Crippen molar-refractivity contribution in [1.29, 1.82) is 0 Å². The number of rotatable bonds is 6. The zero-order chi connectivity index (χ0) is 17.7. The lowest BCUT2D eigenvalue weighted by molar-refractivity contribution is -0.149. The smallest absolute Gasteiger partial charge is 0.287 e. The predicted molar refractivity (Wildman–Crippen MR) is 85.2 cm³/mol. The van der Waals surface area contributed by atoms with Crippen molar-refractivity contribution in [3.8, 4) is 0 Å². The van der Waals surface area contributed by atoms with Gasteiger partial charge in [0.25, 0.3) is 17.6 Å². The van der Waals surface area contributed by atoms with Crippen LogP contribution in [0.3, 0.4) is 0 Å². The number of Topliss-reactive ketones (excluding diaryl/α,β-unsaturated/α-hetero) is 1. The number of primary amides is 2. The summed E-state index contributed by atoms with van der Waals surface area (Å²) in [6.45, 7) is 0.961. The lowest BCUT2D eigenvalue weighted by atomic mass is 10.1. The van der Waals surface area contributed by atoms with Crippen molar-refractivity contribution in [1.82, 2.24) is 10.0 Å². The van der Waals surface area contributed by atoms with Crippen LogP contribution >= 0.6 is 0 Å². The number of carbonyl (C=O) groups is 4. The Morgan fingerprint density at radius 2 is 1.54 bits per heavy atom. The summed E-state index contributed by atoms with van der Waals surface area (Å²) in [7, 11) is 0. The molecule has 3 amide bonds. The number of hydrogen-bond donors (Lipinski definition) is 2. The van der Waals surface area contributed by atoms with Gasteiger partial charge >= 0.3 is 0 Å². The highest BCUT2D eigenvalue weighted by molar-refractivity contribution is 6.42. The zero-order valence-corrected chi connectivity index (χ0v) is 13.2. The average molecular weight is 332 g/mol. The summed E-state index contributed by atoms with van der Waals surface area (Å²) in [5.74, 6) is -4.16. The molecule has 4 N–H and O–H groups in total. The van der Waals surface area contributed by atoms with E-state index in [9.17, 15) is 19.2 Å². The van der Waals surface area contributed by atoms with Crippen LogP contribution in [-0.4, -0.2) is 52.7 Å². The van der Waals surface area contributed by atoms with Gasteiger partial charge in [-0.2, -0.15) is 0 Å². The summed E-state index contributed by atoms with van der Waals surface area (Å²) in [4.78, 5) is 48.1. The van der Waals surface area contributed by atoms with Gasteiger partial charge in [-0.15, -0.1) is 0 Å². The number of benzene rings is 1. The quantitative estimate of drug-likeness (QED) is 0.533. The Morgan fingerprint density at radius 1 is 0.958 bits per heavy atom. The predicted octanol–water partition coefficient (Wildman–Crippen LogP) is -0.562. The van der Waals surface area contributed by atoms with Gasteiger partial charge in [-0.3, -0.25) is 24.2 Å². The first-order valence-corrected chi connectivity index (χ1v) is 7.70. The van der Waals surface area contributed by atoms with Crippen LogP contribution < -0.4 is 11.5 Å². The molecule has 2 rings (SSSR count). The van der Waals surface area contributed by atoms with E-state index in [4.69, 9.17) is 11.5 Å². The molecule has 0 spiro atoms. The molecule has 1 saturated heterocycles. The Kier molecular flexibility index (Phi) is 5.64. The van der Waals surface area contributed by atoms with Crippen molar-refractivity contribution in [2.24, 2.45) is 11.5 Å². The molecule has 0 unspecified atom stereocenters. The molecule has 0 aliphatic carbocycles. The lowest BCUT2D eigenvalue weighted by Gasteiger charge is -2.40. The third-order valence-electron chi connectivity index (χ3n) is 3.87. The molecule has 0 radical (unpaired) electrons. The van der Waals surface area contributed by atoms with Gasteiger partial charge in [0.1, 0.15) is 0 Å². The minimum Gasteiger partial charge on any atom is -0.367 e. The van der Waals surface area contributed by atoms with E-state index in [1.807, 2.05) is 0 Å². The minimum absolute atomic E-state index is 0.284. The number of hydrogen-bond acceptors (Lipinski definition) is 5. The van der Waals surface area contributed by atoms with E-state index >= 15 is 0 Å². The topological polar surface area (TPSA) is 127 Å². The number of ketones is 1. The van der Waals surface area contributed by atoms with E-state index in [0.717, 1.165) is 24.3 Å². The Balaban J connectivity index is 2.44. The van der Waals surface area contributed by atoms with Gasteiger partial charge in [0.15, 0.2) is 6.04 Å². The maximum Gasteiger partial charge on any atom is 0.287 e. The molecule has 128 valence electrons. The van der Waals surface area contributed by atoms with Gasteiger partial charge in [0, 0.05) is 18.7 Å². The van der Waals surface area contributed by atoms with Gasteiger partial charge in [0.05, 0.1) is 0 Å². The van der Waals surface area contributed by atoms with E-state index in [1.165, 1.54) is 0 Å². The average Bonchev–Trinajstić information content (AvgIpc) is 2.59. The minimum atomic E-state index is -1.74. The van der Waals surface area contributed by atoms with Gasteiger partial charge < -0.3 is 11.5 Å². The molecule has 0 saturated carbocycles. The van der Waals surface area contributed by atoms with E-state index in [1.54, 1.807) is 35.3 Å². The second kappa shape index (κ2) is 7.69. The maximum atomic E-state index is 12.9. The van der Waals surface area contributed by atoms with Gasteiger partial charge in [-0.25, -0.2) is 5.01 Å². The van der Waals surface area contributed by atoms with Crippen LogP contribution in [0.1, 0.15) is 29.6 Å². The number of carbonyl (C=O) groups excluding carboxylic acids is 4. The molecule has 8 heteroatoms. The monoisotopic (exact) mass is 332 g/mol. The molecule has 8 nitrogen and oxygen atoms in total. The highest BCUT2D eigenvalue weighted by Gasteiger charge is 2.41. The van der Waals surface area contributed by atoms with Crippen molar-refractivity contribution in [3.05, 3.63) is 35.9 Å². The molecule has 1 fully saturated rings. The van der Waals surface area contributed by atoms with Crippen LogP contribution in [0.15, 0.2) is 30.3 Å². The summed E-state index contributed by atoms with van der Waals surface area (Å²) in [5, 5.41) is 2.58. The Labute approximate surface area is 139 Å². The molecule has 1 aromatic rings. The fourth-order valence-electron chi connectivity index (χ4n) is 2.71. The molecule has 1 aliphatic rings. The summed E-state index contributed by atoms with van der Waals surface area (Å²) in [5.41, 5.74) is 10.6. The molecule has 0 aromatic heterocycles. The highest BCUT2D eigenvalue weighted by Crippen LogP contribution is 2.18. The third kappa shape index (κ3) is 3.77. The van der Waals surface area contributed by atoms with E-state index in [-0.39, 0.29) is 5.56 Å². The zero-order valence-electron chi connectivity index (χ0n) is 13.2. The van der Waals surface area contributed by atoms with Gasteiger partial charge in [-0.1, -0.05) is 24.6 Å². The lowest BCUT2D eigenvalue weighted by Crippen LogP contribution is -2.62. The van der Waals surface area contributed by atoms with E-state index in [0.29, 0.717) is 13.1 Å². The molecule has 1 aliphatic heterocycles. The molecule has 24 heavy (non-hydrogen) atoms. The van der Waals surface area contributed by atoms with Crippen LogP contribution in [0.4, 0.5) is 0 Å². The molecule has 1 atom stereocenters. The first-order chi connectivity index (χ1) is 11.4. The summed E-state index contributed by atoms with van der Waals surface area (Å²) in [6, 6.07) is 6.45. The molecule has 1 heterocycles. The largest absolute Gasteiger partial charge is 0.367 e. The SMILES string of the molecule is NC(=O)C(=O)[C@@H](C(N)=O)N(C(=O)c1ccccc1)N1CCCCC1. The van der Waals surface area contributed by atoms with Crippen LogP contribution in [0.2, 0.25) is 0 Å². The summed E-state index contributed by atoms with van der Waals surface area (Å²) >= 11 is 0. The van der Waals surface area contributed by atoms with Crippen LogP contribution in [0.25, 0.3) is 0 Å². The first-order valence-electron chi connectivity index (χ1n) is 7.70. The van der Waals surface area contributed by atoms with E-state index in [2.05, 4.69) is 0 Å². The number of hydrazine groups is 1. The Hall–Kier alpha value is -2.74. The van der Waals surface area contributed by atoms with Crippen LogP contribution in [0.5, 0.6) is 0 Å². The van der Waals surface area contributed by atoms with Crippen molar-refractivity contribution >= 4 is 23.5 Å². The van der Waals surface area contributed by atoms with Crippen molar-refractivity contribution in [2.75, 3.05) is 13.1 Å². The first kappa shape index (κ1) is 17.6. The number of nitrogens with zero attached hydrogens (tertiary/aromatic N) is 2. The van der Waals surface area contributed by atoms with Gasteiger partial charge in [-0.05, 0) is 25.0 Å². The molecular weight excluding hydrogens is 312 g/mol. The number of nitrogens with two attached hydrogens (primary N) is 2. The van der Waals surface area contributed by atoms with Crippen LogP contribution in [0, 0.1) is 0 Å². The molecule has 1 aromatic carbocycles. The maximum absolute atomic E-state index is 12.9. The van der Waals surface area contributed by atoms with Crippen molar-refractivity contribution in [2.45, 2.75) is 25.3 Å².